The molecule has 0 aliphatic heterocycles. The first-order chi connectivity index (χ1) is 9.77. The van der Waals surface area contributed by atoms with E-state index in [1.54, 1.807) is 0 Å². The van der Waals surface area contributed by atoms with Gasteiger partial charge in [0.1, 0.15) is 5.75 Å². The second kappa shape index (κ2) is 6.06. The van der Waals surface area contributed by atoms with Crippen molar-refractivity contribution in [3.05, 3.63) is 28.2 Å². The summed E-state index contributed by atoms with van der Waals surface area (Å²) in [5, 5.41) is 15.7. The average molecular weight is 383 g/mol. The van der Waals surface area contributed by atoms with Crippen LogP contribution < -0.4 is 0 Å². The number of alkyl halides is 3. The van der Waals surface area contributed by atoms with Gasteiger partial charge in [-0.05, 0) is 34.1 Å². The molecule has 0 spiro atoms. The fourth-order valence-electron chi connectivity index (χ4n) is 1.37. The monoisotopic (exact) mass is 382 g/mol. The SMILES string of the molecule is O=C(O)CSc1nnc(-c2cc(C(F)(F)F)ccc2Br)o1. The summed E-state index contributed by atoms with van der Waals surface area (Å²) in [4.78, 5) is 10.4. The number of halogens is 4. The van der Waals surface area contributed by atoms with Gasteiger partial charge in [-0.3, -0.25) is 4.79 Å². The number of hydrogen-bond donors (Lipinski definition) is 1. The maximum atomic E-state index is 12.7. The van der Waals surface area contributed by atoms with Gasteiger partial charge in [0.15, 0.2) is 0 Å². The van der Waals surface area contributed by atoms with Gasteiger partial charge in [0, 0.05) is 4.47 Å². The molecule has 0 unspecified atom stereocenters. The Balaban J connectivity index is 2.31. The van der Waals surface area contributed by atoms with Crippen molar-refractivity contribution in [2.24, 2.45) is 0 Å². The van der Waals surface area contributed by atoms with Crippen LogP contribution in [-0.4, -0.2) is 27.0 Å². The molecule has 2 rings (SSSR count). The third-order valence-electron chi connectivity index (χ3n) is 2.25. The molecule has 0 radical (unpaired) electrons. The number of carboxylic acid groups (broad SMARTS) is 1. The third-order valence-corrected chi connectivity index (χ3v) is 3.74. The minimum atomic E-state index is -4.49. The minimum Gasteiger partial charge on any atom is -0.481 e. The first kappa shape index (κ1) is 15.8. The maximum Gasteiger partial charge on any atom is 0.416 e. The molecule has 0 fully saturated rings. The number of hydrogen-bond acceptors (Lipinski definition) is 5. The topological polar surface area (TPSA) is 76.2 Å². The summed E-state index contributed by atoms with van der Waals surface area (Å²) in [6.07, 6.45) is -4.49. The molecular formula is C11H6BrF3N2O3S. The molecule has 0 amide bonds. The number of carbonyl (C=O) groups is 1. The van der Waals surface area contributed by atoms with E-state index in [1.165, 1.54) is 6.07 Å². The lowest BCUT2D eigenvalue weighted by molar-refractivity contribution is -0.137. The lowest BCUT2D eigenvalue weighted by Crippen LogP contribution is -2.04. The van der Waals surface area contributed by atoms with Crippen molar-refractivity contribution in [3.8, 4) is 11.5 Å². The van der Waals surface area contributed by atoms with Crippen LogP contribution in [0.1, 0.15) is 5.56 Å². The maximum absolute atomic E-state index is 12.7. The van der Waals surface area contributed by atoms with E-state index < -0.39 is 17.7 Å². The first-order valence-corrected chi connectivity index (χ1v) is 7.10. The van der Waals surface area contributed by atoms with Gasteiger partial charge in [-0.1, -0.05) is 11.8 Å². The Morgan fingerprint density at radius 3 is 2.71 bits per heavy atom. The van der Waals surface area contributed by atoms with Crippen LogP contribution in [0.3, 0.4) is 0 Å². The van der Waals surface area contributed by atoms with Crippen LogP contribution in [0.5, 0.6) is 0 Å². The Bertz CT molecular complexity index is 675. The Kier molecular flexibility index (Phi) is 4.57. The number of rotatable bonds is 4. The van der Waals surface area contributed by atoms with Crippen LogP contribution in [0.4, 0.5) is 13.2 Å². The highest BCUT2D eigenvalue weighted by molar-refractivity contribution is 9.10. The Labute approximate surface area is 128 Å². The van der Waals surface area contributed by atoms with E-state index in [9.17, 15) is 18.0 Å². The van der Waals surface area contributed by atoms with Gasteiger partial charge in [-0.2, -0.15) is 13.2 Å². The van der Waals surface area contributed by atoms with Crippen molar-refractivity contribution in [3.63, 3.8) is 0 Å². The highest BCUT2D eigenvalue weighted by atomic mass is 79.9. The molecule has 0 aliphatic carbocycles. The molecule has 0 atom stereocenters. The Morgan fingerprint density at radius 2 is 2.10 bits per heavy atom. The van der Waals surface area contributed by atoms with E-state index in [0.29, 0.717) is 4.47 Å². The second-order valence-corrected chi connectivity index (χ2v) is 5.53. The van der Waals surface area contributed by atoms with Crippen LogP contribution in [0, 0.1) is 0 Å². The van der Waals surface area contributed by atoms with Crippen molar-refractivity contribution in [1.29, 1.82) is 0 Å². The van der Waals surface area contributed by atoms with Crippen molar-refractivity contribution >= 4 is 33.7 Å². The zero-order valence-electron chi connectivity index (χ0n) is 10.0. The summed E-state index contributed by atoms with van der Waals surface area (Å²) in [5.74, 6) is -1.48. The summed E-state index contributed by atoms with van der Waals surface area (Å²) in [5.41, 5.74) is -0.766. The van der Waals surface area contributed by atoms with Gasteiger partial charge >= 0.3 is 12.1 Å². The van der Waals surface area contributed by atoms with Gasteiger partial charge in [0.2, 0.25) is 5.89 Å². The summed E-state index contributed by atoms with van der Waals surface area (Å²) < 4.78 is 43.5. The van der Waals surface area contributed by atoms with Gasteiger partial charge in [-0.25, -0.2) is 0 Å². The molecule has 1 aromatic heterocycles. The first-order valence-electron chi connectivity index (χ1n) is 5.32. The van der Waals surface area contributed by atoms with Crippen molar-refractivity contribution in [2.45, 2.75) is 11.4 Å². The number of nitrogens with zero attached hydrogens (tertiary/aromatic N) is 2. The van der Waals surface area contributed by atoms with Crippen molar-refractivity contribution in [2.75, 3.05) is 5.75 Å². The lowest BCUT2D eigenvalue weighted by atomic mass is 10.1. The highest BCUT2D eigenvalue weighted by Crippen LogP contribution is 2.36. The number of carboxylic acids is 1. The fraction of sp³-hybridized carbons (Fsp3) is 0.182. The fourth-order valence-corrected chi connectivity index (χ4v) is 2.27. The van der Waals surface area contributed by atoms with Crippen LogP contribution >= 0.6 is 27.7 Å². The number of benzene rings is 1. The van der Waals surface area contributed by atoms with E-state index >= 15 is 0 Å². The average Bonchev–Trinajstić information content (AvgIpc) is 2.84. The highest BCUT2D eigenvalue weighted by Gasteiger charge is 2.31. The van der Waals surface area contributed by atoms with Crippen LogP contribution in [0.15, 0.2) is 32.3 Å². The Morgan fingerprint density at radius 1 is 1.38 bits per heavy atom. The molecule has 112 valence electrons. The quantitative estimate of drug-likeness (QED) is 0.812. The lowest BCUT2D eigenvalue weighted by Gasteiger charge is -2.08. The molecular weight excluding hydrogens is 377 g/mol. The van der Waals surface area contributed by atoms with Crippen molar-refractivity contribution < 1.29 is 27.5 Å². The number of aliphatic carboxylic acids is 1. The molecule has 0 aliphatic rings. The largest absolute Gasteiger partial charge is 0.481 e. The van der Waals surface area contributed by atoms with Gasteiger partial charge in [0.05, 0.1) is 11.1 Å². The number of thioether (sulfide) groups is 1. The van der Waals surface area contributed by atoms with Gasteiger partial charge in [-0.15, -0.1) is 10.2 Å². The normalized spacial score (nSPS) is 11.6. The molecule has 21 heavy (non-hydrogen) atoms. The molecule has 10 heteroatoms. The summed E-state index contributed by atoms with van der Waals surface area (Å²) >= 11 is 3.89. The predicted molar refractivity (Wildman–Crippen MR) is 70.8 cm³/mol. The zero-order valence-corrected chi connectivity index (χ0v) is 12.4. The molecule has 0 bridgehead atoms. The molecule has 1 N–H and O–H groups in total. The molecule has 2 aromatic rings. The second-order valence-electron chi connectivity index (χ2n) is 3.75. The van der Waals surface area contributed by atoms with Crippen molar-refractivity contribution in [1.82, 2.24) is 10.2 Å². The predicted octanol–water partition coefficient (Wildman–Crippen LogP) is 3.69. The van der Waals surface area contributed by atoms with E-state index in [1.807, 2.05) is 0 Å². The summed E-state index contributed by atoms with van der Waals surface area (Å²) in [6.45, 7) is 0. The third kappa shape index (κ3) is 3.97. The van der Waals surface area contributed by atoms with E-state index in [2.05, 4.69) is 26.1 Å². The van der Waals surface area contributed by atoms with E-state index in [4.69, 9.17) is 9.52 Å². The van der Waals surface area contributed by atoms with Gasteiger partial charge < -0.3 is 9.52 Å². The number of aromatic nitrogens is 2. The molecule has 0 saturated heterocycles. The van der Waals surface area contributed by atoms with Gasteiger partial charge in [0.25, 0.3) is 5.22 Å². The smallest absolute Gasteiger partial charge is 0.416 e. The standard InChI is InChI=1S/C11H6BrF3N2O3S/c12-7-2-1-5(11(13,14)15)3-6(7)9-16-17-10(20-9)21-4-8(18)19/h1-3H,4H2,(H,18,19). The molecule has 1 heterocycles. The minimum absolute atomic E-state index is 0.0308. The molecule has 5 nitrogen and oxygen atoms in total. The molecule has 1 aromatic carbocycles. The summed E-state index contributed by atoms with van der Waals surface area (Å²) in [6, 6.07) is 3.03. The van der Waals surface area contributed by atoms with Crippen LogP contribution in [0.2, 0.25) is 0 Å². The summed E-state index contributed by atoms with van der Waals surface area (Å²) in [7, 11) is 0. The zero-order chi connectivity index (χ0) is 15.6. The van der Waals surface area contributed by atoms with Crippen LogP contribution in [-0.2, 0) is 11.0 Å². The molecule has 0 saturated carbocycles. The Hall–Kier alpha value is -1.55. The van der Waals surface area contributed by atoms with E-state index in [0.717, 1.165) is 23.9 Å². The van der Waals surface area contributed by atoms with Crippen LogP contribution in [0.25, 0.3) is 11.5 Å². The van der Waals surface area contributed by atoms with E-state index in [-0.39, 0.29) is 22.4 Å².